The molecule has 3 aliphatic rings. The molecule has 10 heteroatoms. The minimum atomic E-state index is -0.151. The van der Waals surface area contributed by atoms with Crippen molar-refractivity contribution in [2.75, 3.05) is 18.2 Å². The predicted octanol–water partition coefficient (Wildman–Crippen LogP) is 2.88. The van der Waals surface area contributed by atoms with Crippen molar-refractivity contribution in [1.82, 2.24) is 20.8 Å². The number of amides is 1. The Morgan fingerprint density at radius 3 is 2.79 bits per heavy atom. The fourth-order valence-corrected chi connectivity index (χ4v) is 5.12. The molecule has 3 heterocycles. The van der Waals surface area contributed by atoms with E-state index >= 15 is 0 Å². The van der Waals surface area contributed by atoms with Crippen molar-refractivity contribution in [3.63, 3.8) is 0 Å². The first-order chi connectivity index (χ1) is 16.5. The third kappa shape index (κ3) is 4.46. The largest absolute Gasteiger partial charge is 0.497 e. The highest BCUT2D eigenvalue weighted by atomic mass is 32.2. The summed E-state index contributed by atoms with van der Waals surface area (Å²) in [5.74, 6) is 0.864. The lowest BCUT2D eigenvalue weighted by Gasteiger charge is -2.36. The fraction of sp³-hybridized carbons (Fsp3) is 0.292. The van der Waals surface area contributed by atoms with Gasteiger partial charge >= 0.3 is 0 Å². The molecule has 34 heavy (non-hydrogen) atoms. The maximum atomic E-state index is 12.5. The number of carbonyl (C=O) groups is 2. The van der Waals surface area contributed by atoms with E-state index in [2.05, 4.69) is 43.3 Å². The number of rotatable bonds is 6. The highest BCUT2D eigenvalue weighted by Gasteiger charge is 2.44. The number of Topliss-reactive ketones (excluding diaryl/α,β-unsaturated/α-hetero) is 1. The Balaban J connectivity index is 1.17. The number of nitrogens with zero attached hydrogens (tertiary/aromatic N) is 3. The predicted molar refractivity (Wildman–Crippen MR) is 132 cm³/mol. The number of ether oxygens (including phenoxy) is 1. The lowest BCUT2D eigenvalue weighted by Crippen LogP contribution is -2.54. The van der Waals surface area contributed by atoms with Crippen LogP contribution in [-0.4, -0.2) is 51.8 Å². The molecule has 1 saturated heterocycles. The number of benzene rings is 2. The lowest BCUT2D eigenvalue weighted by molar-refractivity contribution is -0.113. The first-order valence-corrected chi connectivity index (χ1v) is 12.0. The van der Waals surface area contributed by atoms with Gasteiger partial charge in [0.15, 0.2) is 11.0 Å². The van der Waals surface area contributed by atoms with Crippen molar-refractivity contribution in [2.24, 2.45) is 5.10 Å². The molecule has 0 bridgehead atoms. The number of hydrogen-bond donors (Lipinski definition) is 3. The molecule has 0 radical (unpaired) electrons. The van der Waals surface area contributed by atoms with Crippen molar-refractivity contribution in [3.8, 4) is 5.75 Å². The van der Waals surface area contributed by atoms with E-state index in [-0.39, 0.29) is 35.7 Å². The molecule has 5 rings (SSSR count). The summed E-state index contributed by atoms with van der Waals surface area (Å²) < 4.78 is 5.26. The number of carbonyl (C=O) groups excluding carboxylic acids is 2. The van der Waals surface area contributed by atoms with Crippen LogP contribution in [0.15, 0.2) is 66.0 Å². The van der Waals surface area contributed by atoms with Crippen LogP contribution in [0.5, 0.6) is 5.75 Å². The number of anilines is 1. The van der Waals surface area contributed by atoms with Gasteiger partial charge in [-0.3, -0.25) is 15.0 Å². The van der Waals surface area contributed by atoms with E-state index in [9.17, 15) is 9.59 Å². The van der Waals surface area contributed by atoms with Crippen LogP contribution in [0.3, 0.4) is 0 Å². The van der Waals surface area contributed by atoms with E-state index in [4.69, 9.17) is 4.74 Å². The molecule has 0 spiro atoms. The summed E-state index contributed by atoms with van der Waals surface area (Å²) in [6, 6.07) is 15.4. The van der Waals surface area contributed by atoms with Crippen LogP contribution in [-0.2, 0) is 4.79 Å². The van der Waals surface area contributed by atoms with Gasteiger partial charge in [-0.05, 0) is 43.2 Å². The number of ketones is 1. The van der Waals surface area contributed by atoms with Gasteiger partial charge < -0.3 is 20.0 Å². The summed E-state index contributed by atoms with van der Waals surface area (Å²) in [6.45, 7) is 1.50. The van der Waals surface area contributed by atoms with Crippen molar-refractivity contribution in [2.45, 2.75) is 31.6 Å². The second kappa shape index (κ2) is 9.40. The fourth-order valence-electron chi connectivity index (χ4n) is 4.35. The first kappa shape index (κ1) is 22.3. The van der Waals surface area contributed by atoms with Gasteiger partial charge in [-0.2, -0.15) is 5.10 Å². The Bertz CT molecular complexity index is 1150. The van der Waals surface area contributed by atoms with Crippen molar-refractivity contribution in [1.29, 1.82) is 0 Å². The summed E-state index contributed by atoms with van der Waals surface area (Å²) in [4.78, 5) is 26.1. The number of amidine groups is 1. The van der Waals surface area contributed by atoms with Crippen LogP contribution >= 0.6 is 11.8 Å². The summed E-state index contributed by atoms with van der Waals surface area (Å²) in [7, 11) is 1.67. The van der Waals surface area contributed by atoms with Crippen LogP contribution in [0.4, 0.5) is 5.69 Å². The lowest BCUT2D eigenvalue weighted by atomic mass is 10.00. The molecule has 3 atom stereocenters. The minimum Gasteiger partial charge on any atom is -0.497 e. The standard InChI is InChI=1S/C24H26N6O3S/c1-15(31)17-4-3-5-18(12-17)25-22(32)14-34-24-27-26-23-21-13-20(28-30(21)11-10-29(23)24)16-6-8-19(33-2)9-7-16/h3-12,20-21,23,26,28H,13-14H2,1-2H3,(H,25,32). The van der Waals surface area contributed by atoms with E-state index in [1.807, 2.05) is 24.5 Å². The third-order valence-corrected chi connectivity index (χ3v) is 7.07. The molecule has 3 unspecified atom stereocenters. The van der Waals surface area contributed by atoms with Gasteiger partial charge in [0.1, 0.15) is 11.9 Å². The van der Waals surface area contributed by atoms with Crippen LogP contribution in [0.1, 0.15) is 35.3 Å². The van der Waals surface area contributed by atoms with Gasteiger partial charge in [0.25, 0.3) is 0 Å². The second-order valence-electron chi connectivity index (χ2n) is 8.31. The van der Waals surface area contributed by atoms with Crippen LogP contribution in [0.25, 0.3) is 0 Å². The molecule has 0 aromatic heterocycles. The SMILES string of the molecule is COc1ccc(C2CC3C4NN=C(SCC(=O)Nc5cccc(C(C)=O)c5)N4C=CN3N2)cc1. The number of hydrazine groups is 1. The van der Waals surface area contributed by atoms with Gasteiger partial charge in [-0.25, -0.2) is 5.43 Å². The Morgan fingerprint density at radius 2 is 2.03 bits per heavy atom. The van der Waals surface area contributed by atoms with Crippen LogP contribution in [0.2, 0.25) is 0 Å². The summed E-state index contributed by atoms with van der Waals surface area (Å²) in [5, 5.41) is 10.2. The second-order valence-corrected chi connectivity index (χ2v) is 9.26. The number of hydrogen-bond acceptors (Lipinski definition) is 9. The van der Waals surface area contributed by atoms with Crippen LogP contribution in [0, 0.1) is 0 Å². The van der Waals surface area contributed by atoms with E-state index < -0.39 is 0 Å². The molecule has 1 fully saturated rings. The van der Waals surface area contributed by atoms with Gasteiger partial charge in [0.2, 0.25) is 5.91 Å². The van der Waals surface area contributed by atoms with E-state index in [1.165, 1.54) is 24.2 Å². The molecule has 9 nitrogen and oxygen atoms in total. The Morgan fingerprint density at radius 1 is 1.21 bits per heavy atom. The van der Waals surface area contributed by atoms with E-state index in [0.29, 0.717) is 11.3 Å². The molecule has 0 saturated carbocycles. The number of methoxy groups -OCH3 is 1. The normalized spacial score (nSPS) is 22.5. The third-order valence-electron chi connectivity index (χ3n) is 6.11. The maximum Gasteiger partial charge on any atom is 0.234 e. The van der Waals surface area contributed by atoms with Crippen molar-refractivity contribution >= 4 is 34.3 Å². The molecule has 0 aliphatic carbocycles. The van der Waals surface area contributed by atoms with Gasteiger partial charge in [0, 0.05) is 23.7 Å². The highest BCUT2D eigenvalue weighted by Crippen LogP contribution is 2.35. The zero-order chi connectivity index (χ0) is 23.7. The molecular formula is C24H26N6O3S. The zero-order valence-corrected chi connectivity index (χ0v) is 19.7. The van der Waals surface area contributed by atoms with E-state index in [0.717, 1.165) is 17.3 Å². The number of fused-ring (bicyclic) bond motifs is 3. The smallest absolute Gasteiger partial charge is 0.234 e. The topological polar surface area (TPSA) is 98.3 Å². The average Bonchev–Trinajstić information content (AvgIpc) is 3.47. The summed E-state index contributed by atoms with van der Waals surface area (Å²) in [5.41, 5.74) is 9.17. The quantitative estimate of drug-likeness (QED) is 0.546. The number of hydrazone groups is 1. The molecular weight excluding hydrogens is 452 g/mol. The van der Waals surface area contributed by atoms with Gasteiger partial charge in [-0.1, -0.05) is 36.0 Å². The van der Waals surface area contributed by atoms with Crippen molar-refractivity contribution < 1.29 is 14.3 Å². The molecule has 3 aliphatic heterocycles. The zero-order valence-electron chi connectivity index (χ0n) is 18.9. The first-order valence-electron chi connectivity index (χ1n) is 11.0. The van der Waals surface area contributed by atoms with Crippen LogP contribution < -0.4 is 20.9 Å². The monoisotopic (exact) mass is 478 g/mol. The maximum absolute atomic E-state index is 12.5. The van der Waals surface area contributed by atoms with Crippen molar-refractivity contribution in [3.05, 3.63) is 72.1 Å². The Labute approximate surface area is 202 Å². The minimum absolute atomic E-state index is 0.0152. The molecule has 2 aromatic carbocycles. The summed E-state index contributed by atoms with van der Waals surface area (Å²) >= 11 is 1.37. The molecule has 3 N–H and O–H groups in total. The Kier molecular flexibility index (Phi) is 6.16. The average molecular weight is 479 g/mol. The molecule has 2 aromatic rings. The molecule has 176 valence electrons. The molecule has 1 amide bonds. The van der Waals surface area contributed by atoms with Gasteiger partial charge in [-0.15, -0.1) is 0 Å². The van der Waals surface area contributed by atoms with Gasteiger partial charge in [0.05, 0.1) is 24.9 Å². The summed E-state index contributed by atoms with van der Waals surface area (Å²) in [6.07, 6.45) is 4.88. The Hall–Kier alpha value is -3.50. The number of thioether (sulfide) groups is 1. The highest BCUT2D eigenvalue weighted by molar-refractivity contribution is 8.14. The number of nitrogens with one attached hydrogen (secondary N) is 3. The van der Waals surface area contributed by atoms with E-state index in [1.54, 1.807) is 31.4 Å².